The van der Waals surface area contributed by atoms with Crippen LogP contribution in [0, 0.1) is 11.3 Å². The molecule has 0 aromatic heterocycles. The van der Waals surface area contributed by atoms with E-state index >= 15 is 0 Å². The number of primary amides is 1. The van der Waals surface area contributed by atoms with Crippen molar-refractivity contribution < 1.29 is 14.4 Å². The molecule has 1 saturated heterocycles. The fourth-order valence-electron chi connectivity index (χ4n) is 3.22. The third-order valence-corrected chi connectivity index (χ3v) is 4.91. The third-order valence-electron chi connectivity index (χ3n) is 4.91. The summed E-state index contributed by atoms with van der Waals surface area (Å²) >= 11 is 0. The number of likely N-dealkylation sites (tertiary alicyclic amines) is 1. The minimum absolute atomic E-state index is 0.0743. The molecule has 1 fully saturated rings. The van der Waals surface area contributed by atoms with Gasteiger partial charge in [0.2, 0.25) is 17.7 Å². The topological polar surface area (TPSA) is 105 Å². The average molecular weight is 389 g/mol. The smallest absolute Gasteiger partial charge is 0.226 e. The first-order valence-electron chi connectivity index (χ1n) is 9.84. The summed E-state index contributed by atoms with van der Waals surface area (Å²) in [4.78, 5) is 37.9. The zero-order chi connectivity index (χ0) is 20.7. The van der Waals surface area contributed by atoms with Crippen molar-refractivity contribution in [3.8, 4) is 0 Å². The predicted octanol–water partition coefficient (Wildman–Crippen LogP) is 1.87. The fourth-order valence-corrected chi connectivity index (χ4v) is 3.22. The highest BCUT2D eigenvalue weighted by molar-refractivity contribution is 5.92. The maximum absolute atomic E-state index is 12.3. The lowest BCUT2D eigenvalue weighted by atomic mass is 9.96. The molecule has 1 aromatic carbocycles. The summed E-state index contributed by atoms with van der Waals surface area (Å²) in [6, 6.07) is 7.66. The molecular formula is C21H32N4O3. The molecule has 0 aliphatic carbocycles. The lowest BCUT2D eigenvalue weighted by molar-refractivity contribution is -0.128. The Morgan fingerprint density at radius 1 is 1.21 bits per heavy atom. The monoisotopic (exact) mass is 388 g/mol. The van der Waals surface area contributed by atoms with Crippen molar-refractivity contribution in [1.82, 2.24) is 10.2 Å². The number of nitrogens with one attached hydrogen (secondary N) is 2. The normalized spacial score (nSPS) is 17.8. The third kappa shape index (κ3) is 6.64. The number of hydrogen-bond acceptors (Lipinski definition) is 4. The summed E-state index contributed by atoms with van der Waals surface area (Å²) < 4.78 is 0. The van der Waals surface area contributed by atoms with E-state index in [2.05, 4.69) is 15.5 Å². The van der Waals surface area contributed by atoms with E-state index < -0.39 is 5.41 Å². The Labute approximate surface area is 167 Å². The van der Waals surface area contributed by atoms with E-state index in [0.717, 1.165) is 30.6 Å². The van der Waals surface area contributed by atoms with Crippen molar-refractivity contribution in [2.75, 3.05) is 25.0 Å². The number of nitrogens with zero attached hydrogens (tertiary/aromatic N) is 1. The van der Waals surface area contributed by atoms with Gasteiger partial charge in [0, 0.05) is 37.2 Å². The van der Waals surface area contributed by atoms with Crippen molar-refractivity contribution in [1.29, 1.82) is 0 Å². The number of piperidine rings is 1. The molecule has 1 aromatic rings. The molecule has 1 heterocycles. The van der Waals surface area contributed by atoms with Crippen LogP contribution in [0.4, 0.5) is 5.69 Å². The first-order chi connectivity index (χ1) is 13.2. The number of carbonyl (C=O) groups is 3. The predicted molar refractivity (Wildman–Crippen MR) is 109 cm³/mol. The molecule has 3 amide bonds. The summed E-state index contributed by atoms with van der Waals surface area (Å²) in [5.74, 6) is -0.573. The van der Waals surface area contributed by atoms with Gasteiger partial charge >= 0.3 is 0 Å². The van der Waals surface area contributed by atoms with E-state index in [1.165, 1.54) is 0 Å². The Balaban J connectivity index is 1.90. The number of hydrogen-bond donors (Lipinski definition) is 3. The summed E-state index contributed by atoms with van der Waals surface area (Å²) in [5, 5.41) is 5.72. The molecule has 2 rings (SSSR count). The summed E-state index contributed by atoms with van der Waals surface area (Å²) in [6.07, 6.45) is 1.99. The average Bonchev–Trinajstić information content (AvgIpc) is 2.62. The molecule has 7 nitrogen and oxygen atoms in total. The fraction of sp³-hybridized carbons (Fsp3) is 0.571. The molecule has 1 aliphatic heterocycles. The van der Waals surface area contributed by atoms with Crippen molar-refractivity contribution in [2.24, 2.45) is 17.1 Å². The quantitative estimate of drug-likeness (QED) is 0.663. The first kappa shape index (κ1) is 21.9. The van der Waals surface area contributed by atoms with Gasteiger partial charge in [-0.15, -0.1) is 0 Å². The van der Waals surface area contributed by atoms with Gasteiger partial charge in [-0.2, -0.15) is 0 Å². The number of rotatable bonds is 7. The van der Waals surface area contributed by atoms with Gasteiger partial charge < -0.3 is 16.4 Å². The maximum atomic E-state index is 12.3. The van der Waals surface area contributed by atoms with Crippen LogP contribution >= 0.6 is 0 Å². The van der Waals surface area contributed by atoms with Crippen molar-refractivity contribution in [3.05, 3.63) is 29.8 Å². The highest BCUT2D eigenvalue weighted by atomic mass is 16.2. The molecule has 0 saturated carbocycles. The van der Waals surface area contributed by atoms with Gasteiger partial charge in [0.25, 0.3) is 0 Å². The Bertz CT molecular complexity index is 712. The SMILES string of the molecule is CC(C)(C)C(=O)NCCC(=O)Nc1ccccc1CN1CCCC(C(N)=O)C1. The van der Waals surface area contributed by atoms with Crippen molar-refractivity contribution in [2.45, 2.75) is 46.6 Å². The minimum atomic E-state index is -0.472. The molecule has 28 heavy (non-hydrogen) atoms. The summed E-state index contributed by atoms with van der Waals surface area (Å²) in [5.41, 5.74) is 6.75. The number of carbonyl (C=O) groups excluding carboxylic acids is 3. The highest BCUT2D eigenvalue weighted by Gasteiger charge is 2.24. The molecule has 0 spiro atoms. The van der Waals surface area contributed by atoms with Crippen LogP contribution in [-0.2, 0) is 20.9 Å². The molecule has 4 N–H and O–H groups in total. The molecular weight excluding hydrogens is 356 g/mol. The second-order valence-corrected chi connectivity index (χ2v) is 8.44. The molecule has 7 heteroatoms. The Kier molecular flexibility index (Phi) is 7.57. The van der Waals surface area contributed by atoms with Crippen LogP contribution < -0.4 is 16.4 Å². The van der Waals surface area contributed by atoms with Crippen LogP contribution in [0.2, 0.25) is 0 Å². The minimum Gasteiger partial charge on any atom is -0.369 e. The zero-order valence-electron chi connectivity index (χ0n) is 17.1. The van der Waals surface area contributed by atoms with Gasteiger partial charge in [-0.05, 0) is 31.0 Å². The molecule has 1 aliphatic rings. The largest absolute Gasteiger partial charge is 0.369 e. The molecule has 0 bridgehead atoms. The summed E-state index contributed by atoms with van der Waals surface area (Å²) in [7, 11) is 0. The van der Waals surface area contributed by atoms with E-state index in [0.29, 0.717) is 19.6 Å². The van der Waals surface area contributed by atoms with Crippen LogP contribution in [0.5, 0.6) is 0 Å². The van der Waals surface area contributed by atoms with Crippen molar-refractivity contribution in [3.63, 3.8) is 0 Å². The van der Waals surface area contributed by atoms with Crippen LogP contribution in [0.25, 0.3) is 0 Å². The van der Waals surface area contributed by atoms with E-state index in [1.54, 1.807) is 0 Å². The Hall–Kier alpha value is -2.41. The van der Waals surface area contributed by atoms with E-state index in [-0.39, 0.29) is 30.1 Å². The first-order valence-corrected chi connectivity index (χ1v) is 9.84. The number of anilines is 1. The molecule has 154 valence electrons. The van der Waals surface area contributed by atoms with Crippen LogP contribution in [0.1, 0.15) is 45.6 Å². The van der Waals surface area contributed by atoms with Gasteiger partial charge in [0.15, 0.2) is 0 Å². The number of benzene rings is 1. The number of nitrogens with two attached hydrogens (primary N) is 1. The van der Waals surface area contributed by atoms with E-state index in [1.807, 2.05) is 45.0 Å². The van der Waals surface area contributed by atoms with Crippen LogP contribution in [0.3, 0.4) is 0 Å². The molecule has 1 atom stereocenters. The van der Waals surface area contributed by atoms with Gasteiger partial charge in [-0.3, -0.25) is 19.3 Å². The van der Waals surface area contributed by atoms with E-state index in [9.17, 15) is 14.4 Å². The van der Waals surface area contributed by atoms with Gasteiger partial charge in [0.1, 0.15) is 0 Å². The lowest BCUT2D eigenvalue weighted by Crippen LogP contribution is -2.40. The second kappa shape index (κ2) is 9.68. The second-order valence-electron chi connectivity index (χ2n) is 8.44. The van der Waals surface area contributed by atoms with Gasteiger partial charge in [0.05, 0.1) is 5.92 Å². The van der Waals surface area contributed by atoms with Crippen LogP contribution in [0.15, 0.2) is 24.3 Å². The maximum Gasteiger partial charge on any atom is 0.226 e. The van der Waals surface area contributed by atoms with E-state index in [4.69, 9.17) is 5.73 Å². The molecule has 0 radical (unpaired) electrons. The Morgan fingerprint density at radius 2 is 1.93 bits per heavy atom. The van der Waals surface area contributed by atoms with Gasteiger partial charge in [-0.25, -0.2) is 0 Å². The van der Waals surface area contributed by atoms with Crippen molar-refractivity contribution >= 4 is 23.4 Å². The molecule has 1 unspecified atom stereocenters. The van der Waals surface area contributed by atoms with Crippen LogP contribution in [-0.4, -0.2) is 42.3 Å². The highest BCUT2D eigenvalue weighted by Crippen LogP contribution is 2.22. The lowest BCUT2D eigenvalue weighted by Gasteiger charge is -2.31. The number of para-hydroxylation sites is 1. The van der Waals surface area contributed by atoms with Gasteiger partial charge in [-0.1, -0.05) is 39.0 Å². The Morgan fingerprint density at radius 3 is 2.61 bits per heavy atom. The zero-order valence-corrected chi connectivity index (χ0v) is 17.1. The standard InChI is InChI=1S/C21H32N4O3/c1-21(2,3)20(28)23-11-10-18(26)24-17-9-5-4-7-15(17)13-25-12-6-8-16(14-25)19(22)27/h4-5,7,9,16H,6,8,10-14H2,1-3H3,(H2,22,27)(H,23,28)(H,24,26). The summed E-state index contributed by atoms with van der Waals surface area (Å²) in [6.45, 7) is 8.02. The number of amides is 3.